The first-order valence-electron chi connectivity index (χ1n) is 19.6. The normalized spacial score (nSPS) is 13.3. The van der Waals surface area contributed by atoms with Crippen LogP contribution in [-0.4, -0.2) is 0 Å². The van der Waals surface area contributed by atoms with E-state index in [-0.39, 0.29) is 5.41 Å². The Morgan fingerprint density at radius 2 is 0.929 bits per heavy atom. The average molecular weight is 713 g/mol. The summed E-state index contributed by atoms with van der Waals surface area (Å²) in [7, 11) is 0. The van der Waals surface area contributed by atoms with E-state index in [9.17, 15) is 0 Å². The maximum Gasteiger partial charge on any atom is 0.136 e. The maximum absolute atomic E-state index is 6.37. The first kappa shape index (κ1) is 31.4. The number of fused-ring (bicyclic) bond motifs is 12. The fourth-order valence-electron chi connectivity index (χ4n) is 10.0. The Morgan fingerprint density at radius 3 is 1.68 bits per heavy atom. The summed E-state index contributed by atoms with van der Waals surface area (Å²) in [6.45, 7) is 4.75. The van der Waals surface area contributed by atoms with Gasteiger partial charge < -0.3 is 4.42 Å². The maximum atomic E-state index is 6.37. The second-order valence-corrected chi connectivity index (χ2v) is 16.0. The topological polar surface area (TPSA) is 13.1 Å². The molecule has 0 aliphatic heterocycles. The molecule has 0 fully saturated rings. The van der Waals surface area contributed by atoms with E-state index < -0.39 is 0 Å². The second-order valence-electron chi connectivity index (χ2n) is 16.0. The summed E-state index contributed by atoms with van der Waals surface area (Å²) >= 11 is 0. The summed E-state index contributed by atoms with van der Waals surface area (Å²) in [4.78, 5) is 0. The van der Waals surface area contributed by atoms with Crippen molar-refractivity contribution in [3.05, 3.63) is 193 Å². The molecule has 1 aliphatic carbocycles. The third kappa shape index (κ3) is 4.31. The molecule has 0 saturated heterocycles. The minimum absolute atomic E-state index is 0.153. The summed E-state index contributed by atoms with van der Waals surface area (Å²) < 4.78 is 6.37. The quantitative estimate of drug-likeness (QED) is 0.166. The van der Waals surface area contributed by atoms with Crippen LogP contribution in [0.25, 0.3) is 110 Å². The molecule has 1 heteroatoms. The number of rotatable bonds is 3. The van der Waals surface area contributed by atoms with Gasteiger partial charge in [0.25, 0.3) is 0 Å². The van der Waals surface area contributed by atoms with E-state index in [2.05, 4.69) is 196 Å². The van der Waals surface area contributed by atoms with Gasteiger partial charge in [0.2, 0.25) is 0 Å². The highest BCUT2D eigenvalue weighted by Gasteiger charge is 2.37. The van der Waals surface area contributed by atoms with Crippen LogP contribution in [0, 0.1) is 0 Å². The van der Waals surface area contributed by atoms with Gasteiger partial charge in [-0.05, 0) is 112 Å². The van der Waals surface area contributed by atoms with E-state index in [0.29, 0.717) is 0 Å². The molecular formula is C55H36O. The van der Waals surface area contributed by atoms with Crippen molar-refractivity contribution in [1.82, 2.24) is 0 Å². The number of benzene rings is 10. The molecule has 0 amide bonds. The minimum atomic E-state index is -0.153. The van der Waals surface area contributed by atoms with Crippen molar-refractivity contribution in [2.75, 3.05) is 0 Å². The van der Waals surface area contributed by atoms with Gasteiger partial charge in [-0.15, -0.1) is 0 Å². The van der Waals surface area contributed by atoms with Crippen molar-refractivity contribution < 1.29 is 4.42 Å². The lowest BCUT2D eigenvalue weighted by atomic mass is 9.81. The standard InChI is InChI=1S/C55H36O/c1-55(2)46-30-27-36-28-31-49-54(45-19-9-10-21-48(45)56-49)51(36)53(46)44-29-26-37(32-47(44)55)33-22-24-35(25-23-33)50-40-15-5-7-17-42(40)52(43-18-8-6-16-41(43)50)39-20-11-13-34-12-3-4-14-38(34)39/h3-32H,1-2H3. The summed E-state index contributed by atoms with van der Waals surface area (Å²) in [5.41, 5.74) is 14.7. The predicted molar refractivity (Wildman–Crippen MR) is 238 cm³/mol. The van der Waals surface area contributed by atoms with Crippen LogP contribution >= 0.6 is 0 Å². The molecule has 0 radical (unpaired) electrons. The van der Waals surface area contributed by atoms with Gasteiger partial charge in [0, 0.05) is 21.6 Å². The van der Waals surface area contributed by atoms with Crippen LogP contribution in [0.2, 0.25) is 0 Å². The van der Waals surface area contributed by atoms with Crippen LogP contribution in [-0.2, 0) is 5.41 Å². The number of hydrogen-bond acceptors (Lipinski definition) is 1. The van der Waals surface area contributed by atoms with Gasteiger partial charge in [-0.3, -0.25) is 0 Å². The largest absolute Gasteiger partial charge is 0.456 e. The molecule has 0 unspecified atom stereocenters. The SMILES string of the molecule is CC1(C)c2cc(-c3ccc(-c4c5ccccc5c(-c5cccc6ccccc56)c5ccccc45)cc3)ccc2-c2c1ccc1ccc3oc4ccccc4c3c21. The Kier molecular flexibility index (Phi) is 6.46. The second kappa shape index (κ2) is 11.5. The molecule has 0 atom stereocenters. The molecule has 0 spiro atoms. The fraction of sp³-hybridized carbons (Fsp3) is 0.0545. The summed E-state index contributed by atoms with van der Waals surface area (Å²) in [6, 6.07) is 67.1. The minimum Gasteiger partial charge on any atom is -0.456 e. The molecule has 11 aromatic rings. The van der Waals surface area contributed by atoms with Crippen molar-refractivity contribution in [2.45, 2.75) is 19.3 Å². The Morgan fingerprint density at radius 1 is 0.339 bits per heavy atom. The van der Waals surface area contributed by atoms with Gasteiger partial charge in [0.15, 0.2) is 0 Å². The predicted octanol–water partition coefficient (Wildman–Crippen LogP) is 15.5. The zero-order chi connectivity index (χ0) is 37.1. The van der Waals surface area contributed by atoms with Crippen LogP contribution in [0.3, 0.4) is 0 Å². The third-order valence-electron chi connectivity index (χ3n) is 12.7. The highest BCUT2D eigenvalue weighted by atomic mass is 16.3. The van der Waals surface area contributed by atoms with E-state index in [1.165, 1.54) is 109 Å². The lowest BCUT2D eigenvalue weighted by Gasteiger charge is -2.22. The van der Waals surface area contributed by atoms with Crippen LogP contribution in [0.5, 0.6) is 0 Å². The lowest BCUT2D eigenvalue weighted by Crippen LogP contribution is -2.15. The smallest absolute Gasteiger partial charge is 0.136 e. The Balaban J connectivity index is 1.01. The number of furan rings is 1. The van der Waals surface area contributed by atoms with Crippen LogP contribution < -0.4 is 0 Å². The monoisotopic (exact) mass is 712 g/mol. The number of para-hydroxylation sites is 1. The van der Waals surface area contributed by atoms with Gasteiger partial charge in [-0.2, -0.15) is 0 Å². The molecule has 1 aromatic heterocycles. The molecule has 1 heterocycles. The first-order chi connectivity index (χ1) is 27.5. The number of hydrogen-bond donors (Lipinski definition) is 0. The van der Waals surface area contributed by atoms with Crippen LogP contribution in [0.1, 0.15) is 25.0 Å². The van der Waals surface area contributed by atoms with E-state index in [0.717, 1.165) is 11.2 Å². The zero-order valence-corrected chi connectivity index (χ0v) is 31.2. The van der Waals surface area contributed by atoms with E-state index in [1.807, 2.05) is 0 Å². The molecule has 262 valence electrons. The van der Waals surface area contributed by atoms with Crippen LogP contribution in [0.4, 0.5) is 0 Å². The molecule has 1 aliphatic rings. The molecular weight excluding hydrogens is 677 g/mol. The van der Waals surface area contributed by atoms with Crippen molar-refractivity contribution in [1.29, 1.82) is 0 Å². The van der Waals surface area contributed by atoms with Gasteiger partial charge in [-0.1, -0.05) is 178 Å². The molecule has 10 aromatic carbocycles. The van der Waals surface area contributed by atoms with E-state index in [1.54, 1.807) is 0 Å². The summed E-state index contributed by atoms with van der Waals surface area (Å²) in [5, 5.41) is 12.5. The third-order valence-corrected chi connectivity index (χ3v) is 12.7. The fourth-order valence-corrected chi connectivity index (χ4v) is 10.0. The molecule has 0 N–H and O–H groups in total. The highest BCUT2D eigenvalue weighted by Crippen LogP contribution is 2.54. The Hall–Kier alpha value is -6.96. The van der Waals surface area contributed by atoms with Gasteiger partial charge in [0.1, 0.15) is 11.2 Å². The summed E-state index contributed by atoms with van der Waals surface area (Å²) in [6.07, 6.45) is 0. The van der Waals surface area contributed by atoms with Crippen molar-refractivity contribution in [2.24, 2.45) is 0 Å². The molecule has 12 rings (SSSR count). The van der Waals surface area contributed by atoms with E-state index in [4.69, 9.17) is 4.42 Å². The molecule has 0 bridgehead atoms. The molecule has 1 nitrogen and oxygen atoms in total. The van der Waals surface area contributed by atoms with E-state index >= 15 is 0 Å². The molecule has 56 heavy (non-hydrogen) atoms. The molecule has 0 saturated carbocycles. The summed E-state index contributed by atoms with van der Waals surface area (Å²) in [5.74, 6) is 0. The van der Waals surface area contributed by atoms with Crippen LogP contribution in [0.15, 0.2) is 186 Å². The van der Waals surface area contributed by atoms with Crippen molar-refractivity contribution >= 4 is 65.0 Å². The van der Waals surface area contributed by atoms with Gasteiger partial charge >= 0.3 is 0 Å². The Bertz CT molecular complexity index is 3370. The van der Waals surface area contributed by atoms with Gasteiger partial charge in [0.05, 0.1) is 0 Å². The van der Waals surface area contributed by atoms with Gasteiger partial charge in [-0.25, -0.2) is 0 Å². The van der Waals surface area contributed by atoms with Crippen molar-refractivity contribution in [3.8, 4) is 44.5 Å². The lowest BCUT2D eigenvalue weighted by molar-refractivity contribution is 0.661. The Labute approximate surface area is 325 Å². The first-order valence-corrected chi connectivity index (χ1v) is 19.6. The van der Waals surface area contributed by atoms with Crippen molar-refractivity contribution in [3.63, 3.8) is 0 Å². The zero-order valence-electron chi connectivity index (χ0n) is 31.2. The average Bonchev–Trinajstić information content (AvgIpc) is 3.74. The highest BCUT2D eigenvalue weighted by molar-refractivity contribution is 6.25.